The number of rotatable bonds is 6. The fourth-order valence-electron chi connectivity index (χ4n) is 3.66. The van der Waals surface area contributed by atoms with E-state index in [0.29, 0.717) is 9.25 Å². The van der Waals surface area contributed by atoms with Crippen LogP contribution in [0.4, 0.5) is 17.6 Å². The molecule has 0 aliphatic rings. The number of aromatic nitrogens is 3. The van der Waals surface area contributed by atoms with Crippen LogP contribution in [0.15, 0.2) is 88.5 Å². The van der Waals surface area contributed by atoms with Gasteiger partial charge in [-0.3, -0.25) is 14.2 Å². The van der Waals surface area contributed by atoms with Crippen LogP contribution in [0.25, 0.3) is 5.69 Å². The average Bonchev–Trinajstić information content (AvgIpc) is 2.87. The van der Waals surface area contributed by atoms with Crippen LogP contribution in [0.5, 0.6) is 0 Å². The maximum absolute atomic E-state index is 13.7. The first-order valence-electron chi connectivity index (χ1n) is 11.1. The summed E-state index contributed by atoms with van der Waals surface area (Å²) < 4.78 is 54.1. The second-order valence-corrected chi connectivity index (χ2v) is 8.21. The summed E-state index contributed by atoms with van der Waals surface area (Å²) >= 11 is 0. The molecule has 0 aliphatic carbocycles. The maximum Gasteiger partial charge on any atom is 0.416 e. The second kappa shape index (κ2) is 10.2. The number of halogens is 4. The summed E-state index contributed by atoms with van der Waals surface area (Å²) in [7, 11) is 0. The zero-order valence-corrected chi connectivity index (χ0v) is 19.4. The highest BCUT2D eigenvalue weighted by molar-refractivity contribution is 5.92. The van der Waals surface area contributed by atoms with Gasteiger partial charge in [-0.05, 0) is 54.4 Å². The largest absolute Gasteiger partial charge is 0.416 e. The smallest absolute Gasteiger partial charge is 0.344 e. The third-order valence-electron chi connectivity index (χ3n) is 5.59. The Morgan fingerprint density at radius 3 is 2.27 bits per heavy atom. The normalized spacial score (nSPS) is 12.2. The lowest BCUT2D eigenvalue weighted by Crippen LogP contribution is -2.46. The molecule has 0 saturated heterocycles. The minimum absolute atomic E-state index is 0.101. The highest BCUT2D eigenvalue weighted by Gasteiger charge is 2.30. The lowest BCUT2D eigenvalue weighted by molar-refractivity contribution is -0.137. The topological polar surface area (TPSA) is 86.0 Å². The van der Waals surface area contributed by atoms with Gasteiger partial charge in [0.2, 0.25) is 5.69 Å². The summed E-state index contributed by atoms with van der Waals surface area (Å²) in [6, 6.07) is 17.0. The van der Waals surface area contributed by atoms with Gasteiger partial charge in [0, 0.05) is 0 Å². The van der Waals surface area contributed by atoms with Crippen molar-refractivity contribution in [2.24, 2.45) is 0 Å². The van der Waals surface area contributed by atoms with Crippen molar-refractivity contribution in [3.63, 3.8) is 0 Å². The number of nitrogens with zero attached hydrogens (tertiary/aromatic N) is 3. The van der Waals surface area contributed by atoms with Crippen molar-refractivity contribution in [1.82, 2.24) is 19.7 Å². The van der Waals surface area contributed by atoms with Gasteiger partial charge < -0.3 is 5.32 Å². The molecule has 190 valence electrons. The molecule has 0 bridgehead atoms. The monoisotopic (exact) mass is 512 g/mol. The number of carbonyl (C=O) groups excluding carboxylic acids is 1. The number of alkyl halides is 3. The van der Waals surface area contributed by atoms with E-state index in [1.54, 1.807) is 37.3 Å². The SMILES string of the molecule is CC(NC(=O)c1nn(-c2ccc(C(F)(F)F)cc2)c(=O)n(Cc2cccc(F)c2)c1=O)c1ccccc1. The lowest BCUT2D eigenvalue weighted by Gasteiger charge is -2.16. The molecule has 0 aliphatic heterocycles. The van der Waals surface area contributed by atoms with Crippen LogP contribution in [0.1, 0.15) is 40.1 Å². The van der Waals surface area contributed by atoms with Crippen molar-refractivity contribution in [1.29, 1.82) is 0 Å². The quantitative estimate of drug-likeness (QED) is 0.395. The summed E-state index contributed by atoms with van der Waals surface area (Å²) in [5, 5.41) is 6.55. The van der Waals surface area contributed by atoms with Crippen LogP contribution in [0.3, 0.4) is 0 Å². The van der Waals surface area contributed by atoms with Crippen LogP contribution in [0, 0.1) is 5.82 Å². The van der Waals surface area contributed by atoms with E-state index in [9.17, 15) is 31.9 Å². The lowest BCUT2D eigenvalue weighted by atomic mass is 10.1. The van der Waals surface area contributed by atoms with Crippen molar-refractivity contribution in [2.45, 2.75) is 25.7 Å². The molecule has 11 heteroatoms. The van der Waals surface area contributed by atoms with Gasteiger partial charge in [0.15, 0.2) is 0 Å². The summed E-state index contributed by atoms with van der Waals surface area (Å²) in [6.07, 6.45) is -4.61. The first-order chi connectivity index (χ1) is 17.5. The molecule has 0 spiro atoms. The predicted molar refractivity (Wildman–Crippen MR) is 127 cm³/mol. The van der Waals surface area contributed by atoms with E-state index >= 15 is 0 Å². The highest BCUT2D eigenvalue weighted by atomic mass is 19.4. The second-order valence-electron chi connectivity index (χ2n) is 8.21. The fourth-order valence-corrected chi connectivity index (χ4v) is 3.66. The van der Waals surface area contributed by atoms with Crippen LogP contribution in [0.2, 0.25) is 0 Å². The van der Waals surface area contributed by atoms with Crippen LogP contribution in [-0.4, -0.2) is 20.3 Å². The van der Waals surface area contributed by atoms with E-state index in [0.717, 1.165) is 35.9 Å². The number of benzene rings is 3. The predicted octanol–water partition coefficient (Wildman–Crippen LogP) is 4.09. The fraction of sp³-hybridized carbons (Fsp3) is 0.154. The molecule has 37 heavy (non-hydrogen) atoms. The van der Waals surface area contributed by atoms with Gasteiger partial charge in [-0.25, -0.2) is 9.18 Å². The average molecular weight is 512 g/mol. The molecule has 4 rings (SSSR count). The van der Waals surface area contributed by atoms with E-state index < -0.39 is 53.0 Å². The van der Waals surface area contributed by atoms with Crippen LogP contribution >= 0.6 is 0 Å². The Kier molecular flexibility index (Phi) is 7.05. The Labute approximate surface area is 207 Å². The minimum atomic E-state index is -4.61. The van der Waals surface area contributed by atoms with E-state index in [4.69, 9.17) is 0 Å². The van der Waals surface area contributed by atoms with Crippen molar-refractivity contribution in [3.8, 4) is 5.69 Å². The Hall–Kier alpha value is -4.54. The molecular weight excluding hydrogens is 492 g/mol. The molecule has 1 N–H and O–H groups in total. The molecule has 0 saturated carbocycles. The first kappa shape index (κ1) is 25.5. The molecule has 1 atom stereocenters. The number of carbonyl (C=O) groups is 1. The molecule has 7 nitrogen and oxygen atoms in total. The molecule has 4 aromatic rings. The molecule has 3 aromatic carbocycles. The van der Waals surface area contributed by atoms with E-state index in [2.05, 4.69) is 10.4 Å². The Bertz CT molecular complexity index is 1550. The molecule has 0 fully saturated rings. The first-order valence-corrected chi connectivity index (χ1v) is 11.1. The summed E-state index contributed by atoms with van der Waals surface area (Å²) in [5.41, 5.74) is -2.75. The molecule has 1 amide bonds. The van der Waals surface area contributed by atoms with Crippen molar-refractivity contribution >= 4 is 5.91 Å². The summed E-state index contributed by atoms with van der Waals surface area (Å²) in [4.78, 5) is 39.5. The third kappa shape index (κ3) is 5.66. The standard InChI is InChI=1S/C26H20F4N4O3/c1-16(18-7-3-2-4-8-18)31-23(35)22-24(36)33(15-17-6-5-9-20(27)14-17)25(37)34(32-22)21-12-10-19(11-13-21)26(28,29)30/h2-14,16H,15H2,1H3,(H,31,35). The van der Waals surface area contributed by atoms with Gasteiger partial charge in [0.05, 0.1) is 23.8 Å². The summed E-state index contributed by atoms with van der Waals surface area (Å²) in [6.45, 7) is 1.29. The van der Waals surface area contributed by atoms with Gasteiger partial charge in [-0.2, -0.15) is 23.0 Å². The molecule has 0 radical (unpaired) electrons. The van der Waals surface area contributed by atoms with Crippen molar-refractivity contribution in [3.05, 3.63) is 128 Å². The van der Waals surface area contributed by atoms with Crippen molar-refractivity contribution < 1.29 is 22.4 Å². The maximum atomic E-state index is 13.7. The highest BCUT2D eigenvalue weighted by Crippen LogP contribution is 2.29. The van der Waals surface area contributed by atoms with Crippen molar-refractivity contribution in [2.75, 3.05) is 0 Å². The minimum Gasteiger partial charge on any atom is -0.344 e. The zero-order valence-electron chi connectivity index (χ0n) is 19.4. The number of hydrogen-bond acceptors (Lipinski definition) is 4. The Balaban J connectivity index is 1.81. The van der Waals surface area contributed by atoms with Gasteiger partial charge in [0.1, 0.15) is 5.82 Å². The number of nitrogens with one attached hydrogen (secondary N) is 1. The Morgan fingerprint density at radius 2 is 1.65 bits per heavy atom. The van der Waals surface area contributed by atoms with E-state index in [1.165, 1.54) is 18.2 Å². The van der Waals surface area contributed by atoms with Crippen LogP contribution in [-0.2, 0) is 12.7 Å². The number of hydrogen-bond donors (Lipinski definition) is 1. The van der Waals surface area contributed by atoms with Gasteiger partial charge in [-0.15, -0.1) is 0 Å². The third-order valence-corrected chi connectivity index (χ3v) is 5.59. The molecular formula is C26H20F4N4O3. The van der Waals surface area contributed by atoms with E-state index in [1.807, 2.05) is 0 Å². The van der Waals surface area contributed by atoms with Gasteiger partial charge >= 0.3 is 11.9 Å². The van der Waals surface area contributed by atoms with Gasteiger partial charge in [-0.1, -0.05) is 42.5 Å². The molecule has 1 unspecified atom stereocenters. The van der Waals surface area contributed by atoms with Crippen LogP contribution < -0.4 is 16.6 Å². The van der Waals surface area contributed by atoms with Gasteiger partial charge in [0.25, 0.3) is 11.5 Å². The molecule has 1 aromatic heterocycles. The molecule has 1 heterocycles. The summed E-state index contributed by atoms with van der Waals surface area (Å²) in [5.74, 6) is -1.49. The zero-order chi connectivity index (χ0) is 26.7. The Morgan fingerprint density at radius 1 is 0.973 bits per heavy atom. The van der Waals surface area contributed by atoms with E-state index in [-0.39, 0.29) is 11.3 Å². The number of amides is 1.